The van der Waals surface area contributed by atoms with Crippen molar-refractivity contribution in [2.75, 3.05) is 20.2 Å². The van der Waals surface area contributed by atoms with Crippen LogP contribution in [0.25, 0.3) is 0 Å². The Labute approximate surface area is 255 Å². The number of rotatable bonds is 6. The number of carbonyl (C=O) groups excluding carboxylic acids is 2. The normalized spacial score (nSPS) is 32.4. The summed E-state index contributed by atoms with van der Waals surface area (Å²) in [5.74, 6) is -3.05. The number of carbonyl (C=O) groups is 2. The summed E-state index contributed by atoms with van der Waals surface area (Å²) < 4.78 is 12.5. The second-order valence-corrected chi connectivity index (χ2v) is 13.7. The van der Waals surface area contributed by atoms with Gasteiger partial charge in [-0.1, -0.05) is 44.2 Å². The third-order valence-corrected chi connectivity index (χ3v) is 10.8. The molecule has 220 valence electrons. The van der Waals surface area contributed by atoms with Gasteiger partial charge in [-0.05, 0) is 77.5 Å². The van der Waals surface area contributed by atoms with Gasteiger partial charge < -0.3 is 19.7 Å². The number of aromatic hydroxyl groups is 1. The Hall–Kier alpha value is -2.21. The fourth-order valence-electron chi connectivity index (χ4n) is 7.87. The Balaban J connectivity index is 1.24. The van der Waals surface area contributed by atoms with E-state index >= 15 is 0 Å². The van der Waals surface area contributed by atoms with Gasteiger partial charge in [0, 0.05) is 37.5 Å². The number of methoxy groups -OCH3 is 1. The van der Waals surface area contributed by atoms with Gasteiger partial charge >= 0.3 is 0 Å². The standard InChI is InChI=1S/C32H39IN2O6/c1-18(2)23-15-22-28(24-16-26(41-32(23,24)39)20-13-25(33)29(36)27(14-20)40-3)31(38)35(30(22)37)21-9-11-34(12-10-21)17-19-7-5-4-6-8-19/h4-8,13-14,18,21-24,26,28,36,39H,9-12,15-17H2,1-3H3/t22-,23+,24-,26-,28-,32+/m0/s1. The fourth-order valence-corrected chi connectivity index (χ4v) is 8.50. The van der Waals surface area contributed by atoms with Gasteiger partial charge in [0.1, 0.15) is 0 Å². The zero-order valence-corrected chi connectivity index (χ0v) is 26.0. The van der Waals surface area contributed by atoms with Crippen LogP contribution in [0.5, 0.6) is 11.5 Å². The first kappa shape index (κ1) is 28.9. The Morgan fingerprint density at radius 1 is 1.10 bits per heavy atom. The first-order chi connectivity index (χ1) is 19.6. The van der Waals surface area contributed by atoms with Gasteiger partial charge in [-0.15, -0.1) is 0 Å². The molecule has 4 aliphatic rings. The number of aliphatic hydroxyl groups is 1. The Bertz CT molecular complexity index is 1310. The topological polar surface area (TPSA) is 99.5 Å². The highest BCUT2D eigenvalue weighted by Crippen LogP contribution is 2.60. The molecule has 0 radical (unpaired) electrons. The van der Waals surface area contributed by atoms with Crippen molar-refractivity contribution in [3.63, 3.8) is 0 Å². The van der Waals surface area contributed by atoms with Crippen LogP contribution >= 0.6 is 22.6 Å². The molecule has 0 bridgehead atoms. The predicted molar refractivity (Wildman–Crippen MR) is 161 cm³/mol. The number of imide groups is 1. The van der Waals surface area contributed by atoms with E-state index in [2.05, 4.69) is 39.6 Å². The van der Waals surface area contributed by atoms with E-state index in [1.165, 1.54) is 12.7 Å². The van der Waals surface area contributed by atoms with E-state index in [0.29, 0.717) is 22.2 Å². The molecule has 0 spiro atoms. The average Bonchev–Trinajstić information content (AvgIpc) is 3.44. The van der Waals surface area contributed by atoms with Gasteiger partial charge in [0.25, 0.3) is 0 Å². The van der Waals surface area contributed by atoms with Gasteiger partial charge in [-0.3, -0.25) is 19.4 Å². The van der Waals surface area contributed by atoms with E-state index in [1.807, 2.05) is 38.1 Å². The molecule has 0 unspecified atom stereocenters. The third-order valence-electron chi connectivity index (χ3n) is 9.93. The monoisotopic (exact) mass is 674 g/mol. The molecule has 41 heavy (non-hydrogen) atoms. The summed E-state index contributed by atoms with van der Waals surface area (Å²) in [4.78, 5) is 32.0. The van der Waals surface area contributed by atoms with E-state index in [9.17, 15) is 19.8 Å². The summed E-state index contributed by atoms with van der Waals surface area (Å²) in [5, 5.41) is 22.5. The molecule has 1 aliphatic carbocycles. The maximum atomic E-state index is 14.1. The molecule has 6 atom stereocenters. The van der Waals surface area contributed by atoms with Crippen LogP contribution in [0.1, 0.15) is 56.8 Å². The summed E-state index contributed by atoms with van der Waals surface area (Å²) in [7, 11) is 1.50. The highest BCUT2D eigenvalue weighted by atomic mass is 127. The fraction of sp³-hybridized carbons (Fsp3) is 0.562. The molecule has 2 aromatic carbocycles. The quantitative estimate of drug-likeness (QED) is 0.339. The summed E-state index contributed by atoms with van der Waals surface area (Å²) in [5.41, 5.74) is 2.05. The summed E-state index contributed by atoms with van der Waals surface area (Å²) in [6, 6.07) is 13.8. The zero-order chi connectivity index (χ0) is 29.1. The van der Waals surface area contributed by atoms with Crippen LogP contribution in [0.4, 0.5) is 0 Å². The maximum absolute atomic E-state index is 14.1. The number of benzene rings is 2. The molecule has 2 aromatic rings. The molecule has 9 heteroatoms. The van der Waals surface area contributed by atoms with Crippen LogP contribution in [0.2, 0.25) is 0 Å². The SMILES string of the molecule is COc1cc([C@@H]2C[C@H]3[C@H]4C(=O)N(C5CCN(Cc6ccccc6)CC5)C(=O)[C@H]4C[C@H](C(C)C)[C@@]3(O)O2)cc(I)c1O. The lowest BCUT2D eigenvalue weighted by molar-refractivity contribution is -0.276. The smallest absolute Gasteiger partial charge is 0.233 e. The van der Waals surface area contributed by atoms with E-state index in [1.54, 1.807) is 11.0 Å². The number of fused-ring (bicyclic) bond motifs is 3. The number of amides is 2. The van der Waals surface area contributed by atoms with Crippen molar-refractivity contribution >= 4 is 34.4 Å². The lowest BCUT2D eigenvalue weighted by Gasteiger charge is -2.46. The van der Waals surface area contributed by atoms with Crippen molar-refractivity contribution in [3.05, 3.63) is 57.2 Å². The van der Waals surface area contributed by atoms with Crippen LogP contribution < -0.4 is 4.74 Å². The van der Waals surface area contributed by atoms with Crippen molar-refractivity contribution in [3.8, 4) is 11.5 Å². The lowest BCUT2D eigenvalue weighted by atomic mass is 9.62. The minimum atomic E-state index is -1.51. The number of phenols is 1. The van der Waals surface area contributed by atoms with Crippen LogP contribution in [0.15, 0.2) is 42.5 Å². The number of halogens is 1. The number of nitrogens with zero attached hydrogens (tertiary/aromatic N) is 2. The molecule has 3 saturated heterocycles. The van der Waals surface area contributed by atoms with E-state index in [0.717, 1.165) is 38.0 Å². The highest BCUT2D eigenvalue weighted by molar-refractivity contribution is 14.1. The van der Waals surface area contributed by atoms with Gasteiger partial charge in [0.15, 0.2) is 17.3 Å². The van der Waals surface area contributed by atoms with Crippen molar-refractivity contribution in [2.24, 2.45) is 29.6 Å². The second kappa shape index (κ2) is 11.1. The van der Waals surface area contributed by atoms with Gasteiger partial charge in [0.2, 0.25) is 11.8 Å². The first-order valence-corrected chi connectivity index (χ1v) is 15.8. The molecule has 2 N–H and O–H groups in total. The summed E-state index contributed by atoms with van der Waals surface area (Å²) in [6.45, 7) is 6.63. The molecule has 3 aliphatic heterocycles. The molecule has 6 rings (SSSR count). The maximum Gasteiger partial charge on any atom is 0.233 e. The van der Waals surface area contributed by atoms with E-state index in [4.69, 9.17) is 9.47 Å². The van der Waals surface area contributed by atoms with Gasteiger partial charge in [-0.25, -0.2) is 0 Å². The average molecular weight is 675 g/mol. The minimum Gasteiger partial charge on any atom is -0.504 e. The van der Waals surface area contributed by atoms with Crippen molar-refractivity contribution in [1.82, 2.24) is 9.80 Å². The first-order valence-electron chi connectivity index (χ1n) is 14.7. The van der Waals surface area contributed by atoms with Crippen LogP contribution in [0.3, 0.4) is 0 Å². The van der Waals surface area contributed by atoms with Crippen LogP contribution in [-0.2, 0) is 20.9 Å². The molecular formula is C32H39IN2O6. The van der Waals surface area contributed by atoms with Crippen molar-refractivity contribution in [1.29, 1.82) is 0 Å². The molecule has 4 fully saturated rings. The second-order valence-electron chi connectivity index (χ2n) is 12.5. The highest BCUT2D eigenvalue weighted by Gasteiger charge is 2.67. The molecule has 1 saturated carbocycles. The van der Waals surface area contributed by atoms with E-state index in [-0.39, 0.29) is 35.4 Å². The van der Waals surface area contributed by atoms with Crippen LogP contribution in [-0.4, -0.2) is 63.9 Å². The molecule has 2 amide bonds. The van der Waals surface area contributed by atoms with E-state index < -0.39 is 29.6 Å². The zero-order valence-electron chi connectivity index (χ0n) is 23.8. The number of ether oxygens (including phenoxy) is 2. The molecular weight excluding hydrogens is 635 g/mol. The van der Waals surface area contributed by atoms with Gasteiger partial charge in [0.05, 0.1) is 28.6 Å². The predicted octanol–water partition coefficient (Wildman–Crippen LogP) is 4.71. The largest absolute Gasteiger partial charge is 0.504 e. The number of piperidine rings is 1. The van der Waals surface area contributed by atoms with Crippen molar-refractivity contribution < 1.29 is 29.3 Å². The third kappa shape index (κ3) is 4.96. The van der Waals surface area contributed by atoms with Gasteiger partial charge in [-0.2, -0.15) is 0 Å². The summed E-state index contributed by atoms with van der Waals surface area (Å²) >= 11 is 2.05. The van der Waals surface area contributed by atoms with Crippen molar-refractivity contribution in [2.45, 2.75) is 64.0 Å². The summed E-state index contributed by atoms with van der Waals surface area (Å²) in [6.07, 6.45) is 1.90. The molecule has 0 aromatic heterocycles. The number of hydrogen-bond donors (Lipinski definition) is 2. The molecule has 8 nitrogen and oxygen atoms in total. The Morgan fingerprint density at radius 3 is 2.46 bits per heavy atom. The number of hydrogen-bond acceptors (Lipinski definition) is 7. The molecule has 3 heterocycles. The Morgan fingerprint density at radius 2 is 1.80 bits per heavy atom. The minimum absolute atomic E-state index is 0.0631. The Kier molecular flexibility index (Phi) is 7.84. The number of likely N-dealkylation sites (tertiary alicyclic amines) is 2. The number of phenolic OH excluding ortho intramolecular Hbond substituents is 1. The van der Waals surface area contributed by atoms with Crippen LogP contribution in [0, 0.1) is 33.2 Å². The lowest BCUT2D eigenvalue weighted by Crippen LogP contribution is -2.55.